The number of allylic oxidation sites excluding steroid dienone is 1. The van der Waals surface area contributed by atoms with Gasteiger partial charge in [-0.15, -0.1) is 17.9 Å². The fourth-order valence-electron chi connectivity index (χ4n) is 2.89. The molecule has 0 unspecified atom stereocenters. The van der Waals surface area contributed by atoms with Gasteiger partial charge >= 0.3 is 0 Å². The number of aryl methyl sites for hydroxylation is 3. The van der Waals surface area contributed by atoms with E-state index in [-0.39, 0.29) is 5.91 Å². The van der Waals surface area contributed by atoms with Gasteiger partial charge in [0, 0.05) is 28.9 Å². The lowest BCUT2D eigenvalue weighted by atomic mass is 10.2. The van der Waals surface area contributed by atoms with Gasteiger partial charge in [0.25, 0.3) is 5.91 Å². The van der Waals surface area contributed by atoms with Crippen LogP contribution in [0.5, 0.6) is 0 Å². The summed E-state index contributed by atoms with van der Waals surface area (Å²) >= 11 is 1.40. The number of nitrogens with one attached hydrogen (secondary N) is 1. The smallest absolute Gasteiger partial charge is 0.262 e. The Morgan fingerprint density at radius 2 is 2.16 bits per heavy atom. The lowest BCUT2D eigenvalue weighted by Gasteiger charge is -2.05. The monoisotopic (exact) mass is 356 g/mol. The number of rotatable bonds is 5. The average Bonchev–Trinajstić information content (AvgIpc) is 3.22. The molecule has 0 aliphatic heterocycles. The van der Waals surface area contributed by atoms with Gasteiger partial charge in [0.2, 0.25) is 0 Å². The highest BCUT2D eigenvalue weighted by atomic mass is 32.1. The fourth-order valence-corrected chi connectivity index (χ4v) is 3.60. The van der Waals surface area contributed by atoms with E-state index in [1.54, 1.807) is 13.8 Å². The zero-order valence-corrected chi connectivity index (χ0v) is 15.5. The molecule has 0 radical (unpaired) electrons. The van der Waals surface area contributed by atoms with Crippen LogP contribution in [-0.2, 0) is 6.54 Å². The molecule has 3 rings (SSSR count). The lowest BCUT2D eigenvalue weighted by Crippen LogP contribution is -2.13. The van der Waals surface area contributed by atoms with Crippen molar-refractivity contribution in [2.75, 3.05) is 5.32 Å². The summed E-state index contributed by atoms with van der Waals surface area (Å²) in [5, 5.41) is 9.13. The van der Waals surface area contributed by atoms with Crippen LogP contribution in [0.25, 0.3) is 11.3 Å². The fraction of sp³-hybridized carbons (Fsp3) is 0.278. The minimum atomic E-state index is -0.255. The maximum atomic E-state index is 12.4. The molecule has 3 aromatic heterocycles. The van der Waals surface area contributed by atoms with Gasteiger partial charge in [-0.1, -0.05) is 11.2 Å². The maximum Gasteiger partial charge on any atom is 0.262 e. The Balaban J connectivity index is 1.85. The van der Waals surface area contributed by atoms with Crippen molar-refractivity contribution in [1.29, 1.82) is 0 Å². The molecule has 0 aliphatic carbocycles. The van der Waals surface area contributed by atoms with E-state index in [9.17, 15) is 4.79 Å². The van der Waals surface area contributed by atoms with E-state index in [1.165, 1.54) is 11.3 Å². The van der Waals surface area contributed by atoms with Gasteiger partial charge in [-0.25, -0.2) is 4.98 Å². The van der Waals surface area contributed by atoms with Crippen LogP contribution in [0.4, 0.5) is 5.13 Å². The van der Waals surface area contributed by atoms with Crippen LogP contribution in [0.1, 0.15) is 33.2 Å². The normalized spacial score (nSPS) is 10.9. The SMILES string of the molecule is C=CCn1c(C)cc(-c2csc(NC(=O)c3c(C)noc3C)n2)c1C. The molecule has 25 heavy (non-hydrogen) atoms. The molecule has 3 heterocycles. The summed E-state index contributed by atoms with van der Waals surface area (Å²) in [6, 6.07) is 2.10. The molecule has 0 atom stereocenters. The van der Waals surface area contributed by atoms with Crippen molar-refractivity contribution in [1.82, 2.24) is 14.7 Å². The van der Waals surface area contributed by atoms with Gasteiger partial charge in [0.1, 0.15) is 11.3 Å². The van der Waals surface area contributed by atoms with E-state index in [1.807, 2.05) is 11.5 Å². The highest BCUT2D eigenvalue weighted by Gasteiger charge is 2.19. The summed E-state index contributed by atoms with van der Waals surface area (Å²) < 4.78 is 7.23. The quantitative estimate of drug-likeness (QED) is 0.693. The largest absolute Gasteiger partial charge is 0.361 e. The summed E-state index contributed by atoms with van der Waals surface area (Å²) in [5.41, 5.74) is 5.23. The number of anilines is 1. The van der Waals surface area contributed by atoms with Crippen LogP contribution in [0.2, 0.25) is 0 Å². The number of hydrogen-bond donors (Lipinski definition) is 1. The topological polar surface area (TPSA) is 73.0 Å². The van der Waals surface area contributed by atoms with E-state index in [0.29, 0.717) is 22.1 Å². The van der Waals surface area contributed by atoms with Gasteiger partial charge in [-0.05, 0) is 33.8 Å². The zero-order chi connectivity index (χ0) is 18.1. The van der Waals surface area contributed by atoms with Crippen LogP contribution in [0, 0.1) is 27.7 Å². The second-order valence-electron chi connectivity index (χ2n) is 5.88. The molecule has 0 fully saturated rings. The Bertz CT molecular complexity index is 929. The first-order valence-corrected chi connectivity index (χ1v) is 8.78. The molecule has 6 nitrogen and oxygen atoms in total. The predicted octanol–water partition coefficient (Wildman–Crippen LogP) is 4.27. The molecule has 1 amide bonds. The number of carbonyl (C=O) groups excluding carboxylic acids is 1. The van der Waals surface area contributed by atoms with Crippen molar-refractivity contribution in [2.45, 2.75) is 34.2 Å². The minimum absolute atomic E-state index is 0.255. The Kier molecular flexibility index (Phi) is 4.59. The molecular weight excluding hydrogens is 336 g/mol. The summed E-state index contributed by atoms with van der Waals surface area (Å²) in [6.45, 7) is 12.1. The van der Waals surface area contributed by atoms with E-state index in [2.05, 4.69) is 46.5 Å². The van der Waals surface area contributed by atoms with E-state index in [0.717, 1.165) is 29.2 Å². The first-order valence-electron chi connectivity index (χ1n) is 7.90. The van der Waals surface area contributed by atoms with Gasteiger partial charge in [-0.3, -0.25) is 10.1 Å². The van der Waals surface area contributed by atoms with Crippen LogP contribution in [0.15, 0.2) is 28.6 Å². The third-order valence-corrected chi connectivity index (χ3v) is 4.90. The summed E-state index contributed by atoms with van der Waals surface area (Å²) in [6.07, 6.45) is 1.88. The number of hydrogen-bond acceptors (Lipinski definition) is 5. The molecule has 3 aromatic rings. The van der Waals surface area contributed by atoms with Gasteiger partial charge < -0.3 is 9.09 Å². The van der Waals surface area contributed by atoms with Crippen molar-refractivity contribution in [3.63, 3.8) is 0 Å². The molecule has 0 saturated carbocycles. The Hall–Kier alpha value is -2.67. The number of thiazole rings is 1. The second kappa shape index (κ2) is 6.68. The first-order chi connectivity index (χ1) is 11.9. The molecule has 0 aromatic carbocycles. The molecule has 0 saturated heterocycles. The summed E-state index contributed by atoms with van der Waals surface area (Å²) in [4.78, 5) is 17.0. The summed E-state index contributed by atoms with van der Waals surface area (Å²) in [7, 11) is 0. The average molecular weight is 356 g/mol. The van der Waals surface area contributed by atoms with Crippen LogP contribution in [0.3, 0.4) is 0 Å². The second-order valence-corrected chi connectivity index (χ2v) is 6.73. The van der Waals surface area contributed by atoms with Crippen molar-refractivity contribution in [3.8, 4) is 11.3 Å². The lowest BCUT2D eigenvalue weighted by molar-refractivity contribution is 0.102. The Morgan fingerprint density at radius 3 is 2.80 bits per heavy atom. The molecule has 130 valence electrons. The Morgan fingerprint density at radius 1 is 1.40 bits per heavy atom. The van der Waals surface area contributed by atoms with E-state index in [4.69, 9.17) is 4.52 Å². The third-order valence-electron chi connectivity index (χ3n) is 4.15. The minimum Gasteiger partial charge on any atom is -0.361 e. The number of amides is 1. The number of nitrogens with zero attached hydrogens (tertiary/aromatic N) is 3. The molecule has 0 aliphatic rings. The van der Waals surface area contributed by atoms with E-state index < -0.39 is 0 Å². The van der Waals surface area contributed by atoms with Crippen LogP contribution in [-0.4, -0.2) is 20.6 Å². The molecule has 1 N–H and O–H groups in total. The number of carbonyl (C=O) groups is 1. The van der Waals surface area contributed by atoms with Gasteiger partial charge in [0.05, 0.1) is 11.4 Å². The van der Waals surface area contributed by atoms with Crippen LogP contribution < -0.4 is 5.32 Å². The molecule has 0 spiro atoms. The Labute approximate surface area is 150 Å². The van der Waals surface area contributed by atoms with Gasteiger partial charge in [0.15, 0.2) is 5.13 Å². The highest BCUT2D eigenvalue weighted by Crippen LogP contribution is 2.30. The first kappa shape index (κ1) is 17.2. The van der Waals surface area contributed by atoms with Gasteiger partial charge in [-0.2, -0.15) is 0 Å². The van der Waals surface area contributed by atoms with E-state index >= 15 is 0 Å². The standard InChI is InChI=1S/C18H20N4O2S/c1-6-7-22-10(2)8-14(12(22)4)15-9-25-18(19-15)20-17(23)16-11(3)21-24-13(16)5/h6,8-9H,1,7H2,2-5H3,(H,19,20,23). The van der Waals surface area contributed by atoms with Crippen molar-refractivity contribution < 1.29 is 9.32 Å². The summed E-state index contributed by atoms with van der Waals surface area (Å²) in [5.74, 6) is 0.244. The highest BCUT2D eigenvalue weighted by molar-refractivity contribution is 7.14. The maximum absolute atomic E-state index is 12.4. The molecule has 0 bridgehead atoms. The van der Waals surface area contributed by atoms with Crippen LogP contribution >= 0.6 is 11.3 Å². The van der Waals surface area contributed by atoms with Crippen molar-refractivity contribution in [2.24, 2.45) is 0 Å². The predicted molar refractivity (Wildman–Crippen MR) is 99.1 cm³/mol. The zero-order valence-electron chi connectivity index (χ0n) is 14.7. The van der Waals surface area contributed by atoms with Crippen molar-refractivity contribution in [3.05, 3.63) is 52.5 Å². The van der Waals surface area contributed by atoms with Crippen molar-refractivity contribution >= 4 is 22.4 Å². The molecular formula is C18H20N4O2S. The molecule has 7 heteroatoms. The third kappa shape index (κ3) is 3.15. The number of aromatic nitrogens is 3.